The van der Waals surface area contributed by atoms with Crippen LogP contribution in [0.3, 0.4) is 0 Å². The minimum absolute atomic E-state index is 0.109. The Hall–Kier alpha value is -1.74. The third-order valence-electron chi connectivity index (χ3n) is 3.84. The number of aliphatic hydroxyl groups is 1. The van der Waals surface area contributed by atoms with Crippen LogP contribution in [-0.4, -0.2) is 10.1 Å². The van der Waals surface area contributed by atoms with Crippen LogP contribution in [-0.2, 0) is 6.42 Å². The van der Waals surface area contributed by atoms with Crippen molar-refractivity contribution >= 4 is 0 Å². The number of rotatable bonds is 2. The molecule has 0 fully saturated rings. The standard InChI is InChI=1S/C16H16FNO/c17-14-9-2-1-7-12(14)16(19)13-8-3-5-11-6-4-10-18-15(11)13/h1-2,4,6-7,9-10,13,16,19H,3,5,8H2. The molecule has 0 aliphatic heterocycles. The highest BCUT2D eigenvalue weighted by molar-refractivity contribution is 5.30. The summed E-state index contributed by atoms with van der Waals surface area (Å²) in [6.45, 7) is 0. The Morgan fingerprint density at radius 1 is 1.21 bits per heavy atom. The van der Waals surface area contributed by atoms with E-state index < -0.39 is 6.10 Å². The number of benzene rings is 1. The van der Waals surface area contributed by atoms with Crippen molar-refractivity contribution in [3.05, 3.63) is 65.2 Å². The SMILES string of the molecule is OC(c1ccccc1F)C1CCCc2cccnc21. The first-order chi connectivity index (χ1) is 9.27. The fourth-order valence-corrected chi connectivity index (χ4v) is 2.88. The van der Waals surface area contributed by atoms with Gasteiger partial charge in [0.1, 0.15) is 5.82 Å². The number of aliphatic hydroxyl groups excluding tert-OH is 1. The zero-order valence-electron chi connectivity index (χ0n) is 10.6. The number of hydrogen-bond donors (Lipinski definition) is 1. The molecule has 1 N–H and O–H groups in total. The number of aromatic nitrogens is 1. The first-order valence-electron chi connectivity index (χ1n) is 6.63. The van der Waals surface area contributed by atoms with Crippen LogP contribution in [0.25, 0.3) is 0 Å². The molecular weight excluding hydrogens is 241 g/mol. The van der Waals surface area contributed by atoms with Crippen LogP contribution in [0.1, 0.15) is 41.7 Å². The van der Waals surface area contributed by atoms with Crippen LogP contribution in [0.2, 0.25) is 0 Å². The van der Waals surface area contributed by atoms with Crippen LogP contribution in [0.15, 0.2) is 42.6 Å². The first kappa shape index (κ1) is 12.3. The summed E-state index contributed by atoms with van der Waals surface area (Å²) >= 11 is 0. The van der Waals surface area contributed by atoms with Crippen molar-refractivity contribution in [3.63, 3.8) is 0 Å². The van der Waals surface area contributed by atoms with Crippen molar-refractivity contribution < 1.29 is 9.50 Å². The summed E-state index contributed by atoms with van der Waals surface area (Å²) in [6, 6.07) is 10.4. The summed E-state index contributed by atoms with van der Waals surface area (Å²) in [6.07, 6.45) is 3.76. The Morgan fingerprint density at radius 2 is 2.05 bits per heavy atom. The van der Waals surface area contributed by atoms with Crippen molar-refractivity contribution in [1.29, 1.82) is 0 Å². The lowest BCUT2D eigenvalue weighted by molar-refractivity contribution is 0.130. The van der Waals surface area contributed by atoms with Crippen molar-refractivity contribution in [2.45, 2.75) is 31.3 Å². The van der Waals surface area contributed by atoms with Gasteiger partial charge in [0.15, 0.2) is 0 Å². The highest BCUT2D eigenvalue weighted by Gasteiger charge is 2.29. The first-order valence-corrected chi connectivity index (χ1v) is 6.63. The predicted molar refractivity (Wildman–Crippen MR) is 71.3 cm³/mol. The second-order valence-corrected chi connectivity index (χ2v) is 5.01. The third-order valence-corrected chi connectivity index (χ3v) is 3.84. The van der Waals surface area contributed by atoms with Crippen molar-refractivity contribution in [2.75, 3.05) is 0 Å². The molecule has 1 heterocycles. The van der Waals surface area contributed by atoms with Crippen molar-refractivity contribution in [1.82, 2.24) is 4.98 Å². The average Bonchev–Trinajstić information content (AvgIpc) is 2.46. The number of pyridine rings is 1. The molecule has 0 saturated carbocycles. The summed E-state index contributed by atoms with van der Waals surface area (Å²) in [5.41, 5.74) is 2.46. The van der Waals surface area contributed by atoms with Crippen LogP contribution >= 0.6 is 0 Å². The number of hydrogen-bond acceptors (Lipinski definition) is 2. The molecule has 98 valence electrons. The largest absolute Gasteiger partial charge is 0.388 e. The number of nitrogens with zero attached hydrogens (tertiary/aromatic N) is 1. The van der Waals surface area contributed by atoms with Gasteiger partial charge < -0.3 is 5.11 Å². The van der Waals surface area contributed by atoms with Gasteiger partial charge >= 0.3 is 0 Å². The summed E-state index contributed by atoms with van der Waals surface area (Å²) in [5.74, 6) is -0.458. The molecule has 1 aromatic carbocycles. The molecular formula is C16H16FNO. The van der Waals surface area contributed by atoms with E-state index in [1.54, 1.807) is 24.4 Å². The van der Waals surface area contributed by atoms with Gasteiger partial charge in [-0.1, -0.05) is 24.3 Å². The Kier molecular flexibility index (Phi) is 3.30. The van der Waals surface area contributed by atoms with E-state index in [0.717, 1.165) is 25.0 Å². The van der Waals surface area contributed by atoms with Gasteiger partial charge in [-0.15, -0.1) is 0 Å². The van der Waals surface area contributed by atoms with Gasteiger partial charge in [-0.3, -0.25) is 4.98 Å². The second kappa shape index (κ2) is 5.10. The lowest BCUT2D eigenvalue weighted by Crippen LogP contribution is -2.19. The maximum atomic E-state index is 13.8. The molecule has 0 radical (unpaired) electrons. The summed E-state index contributed by atoms with van der Waals surface area (Å²) in [5, 5.41) is 10.5. The molecule has 19 heavy (non-hydrogen) atoms. The quantitative estimate of drug-likeness (QED) is 0.894. The molecule has 0 amide bonds. The molecule has 0 spiro atoms. The van der Waals surface area contributed by atoms with Crippen LogP contribution in [0.4, 0.5) is 4.39 Å². The normalized spacial score (nSPS) is 19.8. The fourth-order valence-electron chi connectivity index (χ4n) is 2.88. The van der Waals surface area contributed by atoms with E-state index in [1.165, 1.54) is 11.6 Å². The van der Waals surface area contributed by atoms with E-state index in [0.29, 0.717) is 5.56 Å². The molecule has 1 aliphatic carbocycles. The van der Waals surface area contributed by atoms with Crippen LogP contribution in [0, 0.1) is 5.82 Å². The zero-order valence-corrected chi connectivity index (χ0v) is 10.6. The highest BCUT2D eigenvalue weighted by atomic mass is 19.1. The Labute approximate surface area is 111 Å². The summed E-state index contributed by atoms with van der Waals surface area (Å²) in [4.78, 5) is 4.39. The number of aryl methyl sites for hydroxylation is 1. The number of halogens is 1. The lowest BCUT2D eigenvalue weighted by atomic mass is 9.81. The smallest absolute Gasteiger partial charge is 0.129 e. The van der Waals surface area contributed by atoms with E-state index in [1.807, 2.05) is 12.1 Å². The van der Waals surface area contributed by atoms with Gasteiger partial charge in [-0.2, -0.15) is 0 Å². The molecule has 2 atom stereocenters. The lowest BCUT2D eigenvalue weighted by Gasteiger charge is -2.28. The van der Waals surface area contributed by atoms with Gasteiger partial charge in [-0.05, 0) is 37.0 Å². The highest BCUT2D eigenvalue weighted by Crippen LogP contribution is 2.39. The topological polar surface area (TPSA) is 33.1 Å². The summed E-state index contributed by atoms with van der Waals surface area (Å²) in [7, 11) is 0. The van der Waals surface area contributed by atoms with Gasteiger partial charge in [0, 0.05) is 23.4 Å². The number of fused-ring (bicyclic) bond motifs is 1. The van der Waals surface area contributed by atoms with Gasteiger partial charge in [0.2, 0.25) is 0 Å². The Balaban J connectivity index is 1.98. The molecule has 3 rings (SSSR count). The zero-order chi connectivity index (χ0) is 13.2. The molecule has 2 aromatic rings. The van der Waals surface area contributed by atoms with Gasteiger partial charge in [-0.25, -0.2) is 4.39 Å². The van der Waals surface area contributed by atoms with Crippen molar-refractivity contribution in [3.8, 4) is 0 Å². The molecule has 2 unspecified atom stereocenters. The predicted octanol–water partition coefficient (Wildman–Crippen LogP) is 3.37. The maximum absolute atomic E-state index is 13.8. The molecule has 2 nitrogen and oxygen atoms in total. The van der Waals surface area contributed by atoms with Crippen LogP contribution < -0.4 is 0 Å². The van der Waals surface area contributed by atoms with Gasteiger partial charge in [0.05, 0.1) is 6.10 Å². The maximum Gasteiger partial charge on any atom is 0.129 e. The average molecular weight is 257 g/mol. The minimum Gasteiger partial charge on any atom is -0.388 e. The van der Waals surface area contributed by atoms with E-state index in [2.05, 4.69) is 4.98 Å². The fraction of sp³-hybridized carbons (Fsp3) is 0.312. The molecule has 0 saturated heterocycles. The monoisotopic (exact) mass is 257 g/mol. The Morgan fingerprint density at radius 3 is 2.89 bits per heavy atom. The molecule has 0 bridgehead atoms. The molecule has 1 aliphatic rings. The third kappa shape index (κ3) is 2.26. The second-order valence-electron chi connectivity index (χ2n) is 5.01. The van der Waals surface area contributed by atoms with E-state index in [-0.39, 0.29) is 11.7 Å². The van der Waals surface area contributed by atoms with E-state index in [4.69, 9.17) is 0 Å². The van der Waals surface area contributed by atoms with E-state index >= 15 is 0 Å². The molecule has 1 aromatic heterocycles. The van der Waals surface area contributed by atoms with Crippen LogP contribution in [0.5, 0.6) is 0 Å². The summed E-state index contributed by atoms with van der Waals surface area (Å²) < 4.78 is 13.8. The van der Waals surface area contributed by atoms with E-state index in [9.17, 15) is 9.50 Å². The molecule has 3 heteroatoms. The Bertz CT molecular complexity index is 584. The van der Waals surface area contributed by atoms with Gasteiger partial charge in [0.25, 0.3) is 0 Å². The van der Waals surface area contributed by atoms with Crippen molar-refractivity contribution in [2.24, 2.45) is 0 Å². The minimum atomic E-state index is -0.824.